The maximum Gasteiger partial charge on any atom is 0.258 e. The van der Waals surface area contributed by atoms with Crippen LogP contribution >= 0.6 is 0 Å². The van der Waals surface area contributed by atoms with E-state index in [9.17, 15) is 24.5 Å². The number of amides is 1. The lowest BCUT2D eigenvalue weighted by molar-refractivity contribution is 0.0745. The number of aromatic nitrogens is 1. The lowest BCUT2D eigenvalue weighted by Crippen LogP contribution is -2.31. The molecule has 4 rings (SSSR count). The average Bonchev–Trinajstić information content (AvgIpc) is 3.43. The van der Waals surface area contributed by atoms with Crippen LogP contribution in [0.15, 0.2) is 84.9 Å². The minimum Gasteiger partial charge on any atom is -0.393 e. The van der Waals surface area contributed by atoms with Crippen LogP contribution in [0.4, 0.5) is 10.1 Å². The maximum absolute atomic E-state index is 14.3. The molecule has 1 amide bonds. The Balaban J connectivity index is 1.54. The molecule has 7 nitrogen and oxygen atoms in total. The van der Waals surface area contributed by atoms with Crippen LogP contribution in [0.2, 0.25) is 0 Å². The van der Waals surface area contributed by atoms with Gasteiger partial charge in [0.1, 0.15) is 5.82 Å². The van der Waals surface area contributed by atoms with Gasteiger partial charge in [-0.2, -0.15) is 0 Å². The highest BCUT2D eigenvalue weighted by atomic mass is 19.1. The van der Waals surface area contributed by atoms with Crippen molar-refractivity contribution in [2.75, 3.05) is 11.9 Å². The summed E-state index contributed by atoms with van der Waals surface area (Å²) in [6.07, 6.45) is 2.56. The number of aliphatic hydroxyl groups excluding tert-OH is 3. The van der Waals surface area contributed by atoms with Crippen molar-refractivity contribution in [3.8, 4) is 22.4 Å². The van der Waals surface area contributed by atoms with Crippen molar-refractivity contribution in [2.45, 2.75) is 117 Å². The molecule has 0 radical (unpaired) electrons. The minimum atomic E-state index is -0.553. The summed E-state index contributed by atoms with van der Waals surface area (Å²) in [6, 6.07) is 26.0. The highest BCUT2D eigenvalue weighted by Gasteiger charge is 2.31. The number of hydrogen-bond acceptors (Lipinski definition) is 5. The molecule has 0 spiro atoms. The van der Waals surface area contributed by atoms with E-state index in [1.165, 1.54) is 12.1 Å². The molecule has 52 heavy (non-hydrogen) atoms. The van der Waals surface area contributed by atoms with E-state index in [-0.39, 0.29) is 29.6 Å². The first-order valence-electron chi connectivity index (χ1n) is 19.1. The second kappa shape index (κ2) is 19.9. The third-order valence-electron chi connectivity index (χ3n) is 9.82. The van der Waals surface area contributed by atoms with Crippen LogP contribution < -0.4 is 10.6 Å². The van der Waals surface area contributed by atoms with Crippen LogP contribution in [0.3, 0.4) is 0 Å². The molecule has 0 fully saturated rings. The zero-order valence-corrected chi connectivity index (χ0v) is 31.9. The van der Waals surface area contributed by atoms with Crippen LogP contribution in [-0.4, -0.2) is 56.7 Å². The fourth-order valence-electron chi connectivity index (χ4n) is 7.50. The number of hydrogen-bond donors (Lipinski definition) is 5. The molecule has 1 heterocycles. The van der Waals surface area contributed by atoms with Gasteiger partial charge < -0.3 is 30.5 Å². The Kier molecular flexibility index (Phi) is 15.6. The van der Waals surface area contributed by atoms with Gasteiger partial charge in [-0.3, -0.25) is 4.79 Å². The van der Waals surface area contributed by atoms with E-state index in [1.807, 2.05) is 60.7 Å². The second-order valence-electron chi connectivity index (χ2n) is 15.2. The molecule has 282 valence electrons. The highest BCUT2D eigenvalue weighted by molar-refractivity contribution is 6.12. The first kappa shape index (κ1) is 40.9. The Morgan fingerprint density at radius 3 is 1.94 bits per heavy atom. The van der Waals surface area contributed by atoms with E-state index in [4.69, 9.17) is 0 Å². The predicted molar refractivity (Wildman–Crippen MR) is 211 cm³/mol. The Hall–Kier alpha value is -3.82. The standard InChI is InChI=1S/C44H60FN3O4/c1-29(2)42-41(44(52)47-37-15-11-8-12-16-37)40(34-13-9-7-10-14-34)43(35-17-19-36(45)20-18-35)48(42)24-22-38(50)27-31(4)25-32(5)46-23-21-30(3)26-39(51)28-33(6)49/h7-20,29-33,38-39,46,49-51H,21-28H2,1-6H3,(H,47,52)/t30-,31+,32?,33?,38-,39-/m1/s1. The zero-order valence-electron chi connectivity index (χ0n) is 31.9. The number of halogens is 1. The summed E-state index contributed by atoms with van der Waals surface area (Å²) in [6.45, 7) is 13.7. The molecule has 6 atom stereocenters. The monoisotopic (exact) mass is 713 g/mol. The van der Waals surface area contributed by atoms with Gasteiger partial charge in [0.25, 0.3) is 5.91 Å². The zero-order chi connectivity index (χ0) is 37.8. The van der Waals surface area contributed by atoms with E-state index >= 15 is 0 Å². The molecule has 0 aliphatic heterocycles. The van der Waals surface area contributed by atoms with Gasteiger partial charge in [-0.1, -0.05) is 76.2 Å². The molecular weight excluding hydrogens is 653 g/mol. The number of carbonyl (C=O) groups is 1. The van der Waals surface area contributed by atoms with Crippen molar-refractivity contribution in [1.29, 1.82) is 0 Å². The number of benzene rings is 3. The number of rotatable bonds is 20. The predicted octanol–water partition coefficient (Wildman–Crippen LogP) is 9.03. The van der Waals surface area contributed by atoms with Crippen LogP contribution in [0, 0.1) is 17.7 Å². The molecule has 1 aromatic heterocycles. The quantitative estimate of drug-likeness (QED) is 0.0629. The molecular formula is C44H60FN3O4. The molecule has 5 N–H and O–H groups in total. The number of carbonyl (C=O) groups excluding carboxylic acids is 1. The number of nitrogens with zero attached hydrogens (tertiary/aromatic N) is 1. The van der Waals surface area contributed by atoms with Crippen molar-refractivity contribution in [3.05, 3.63) is 102 Å². The van der Waals surface area contributed by atoms with Crippen LogP contribution in [0.1, 0.15) is 102 Å². The lowest BCUT2D eigenvalue weighted by Gasteiger charge is -2.23. The van der Waals surface area contributed by atoms with E-state index in [0.29, 0.717) is 49.4 Å². The average molecular weight is 714 g/mol. The van der Waals surface area contributed by atoms with Gasteiger partial charge in [-0.15, -0.1) is 0 Å². The molecule has 0 saturated carbocycles. The highest BCUT2D eigenvalue weighted by Crippen LogP contribution is 2.42. The van der Waals surface area contributed by atoms with E-state index in [1.54, 1.807) is 19.1 Å². The molecule has 0 bridgehead atoms. The summed E-state index contributed by atoms with van der Waals surface area (Å²) >= 11 is 0. The topological polar surface area (TPSA) is 107 Å². The van der Waals surface area contributed by atoms with Gasteiger partial charge in [0.05, 0.1) is 29.6 Å². The normalized spacial score (nSPS) is 15.2. The van der Waals surface area contributed by atoms with Crippen molar-refractivity contribution >= 4 is 11.6 Å². The van der Waals surface area contributed by atoms with Crippen LogP contribution in [0.25, 0.3) is 22.4 Å². The Morgan fingerprint density at radius 1 is 0.712 bits per heavy atom. The van der Waals surface area contributed by atoms with Crippen molar-refractivity contribution in [3.63, 3.8) is 0 Å². The summed E-state index contributed by atoms with van der Waals surface area (Å²) in [5.41, 5.74) is 5.47. The number of anilines is 1. The first-order valence-corrected chi connectivity index (χ1v) is 19.1. The van der Waals surface area contributed by atoms with E-state index < -0.39 is 18.3 Å². The van der Waals surface area contributed by atoms with Gasteiger partial charge in [-0.25, -0.2) is 4.39 Å². The molecule has 0 saturated heterocycles. The van der Waals surface area contributed by atoms with E-state index in [0.717, 1.165) is 47.5 Å². The largest absolute Gasteiger partial charge is 0.393 e. The number of aliphatic hydroxyl groups is 3. The molecule has 3 aromatic carbocycles. The van der Waals surface area contributed by atoms with Gasteiger partial charge in [0, 0.05) is 29.5 Å². The molecule has 8 heteroatoms. The summed E-state index contributed by atoms with van der Waals surface area (Å²) in [5.74, 6) is 0.0607. The summed E-state index contributed by atoms with van der Waals surface area (Å²) in [7, 11) is 0. The van der Waals surface area contributed by atoms with Crippen molar-refractivity contribution < 1.29 is 24.5 Å². The van der Waals surface area contributed by atoms with E-state index in [2.05, 4.69) is 49.8 Å². The van der Waals surface area contributed by atoms with Gasteiger partial charge >= 0.3 is 0 Å². The summed E-state index contributed by atoms with van der Waals surface area (Å²) in [4.78, 5) is 14.3. The lowest BCUT2D eigenvalue weighted by atomic mass is 9.94. The van der Waals surface area contributed by atoms with Gasteiger partial charge in [-0.05, 0) is 124 Å². The van der Waals surface area contributed by atoms with Crippen molar-refractivity contribution in [1.82, 2.24) is 9.88 Å². The minimum absolute atomic E-state index is 0.0274. The SMILES string of the molecule is CC(O)C[C@H](O)C[C@H](C)CCNC(C)C[C@H](C)C[C@H](O)CCn1c(-c2ccc(F)cc2)c(-c2ccccc2)c(C(=O)Nc2ccccc2)c1C(C)C. The van der Waals surface area contributed by atoms with Crippen molar-refractivity contribution in [2.24, 2.45) is 11.8 Å². The Morgan fingerprint density at radius 2 is 1.33 bits per heavy atom. The third-order valence-corrected chi connectivity index (χ3v) is 9.82. The molecule has 0 aliphatic rings. The fourth-order valence-corrected chi connectivity index (χ4v) is 7.50. The molecule has 2 unspecified atom stereocenters. The second-order valence-corrected chi connectivity index (χ2v) is 15.2. The number of para-hydroxylation sites is 1. The third kappa shape index (κ3) is 11.9. The molecule has 0 aliphatic carbocycles. The maximum atomic E-state index is 14.3. The fraction of sp³-hybridized carbons (Fsp3) is 0.477. The molecule has 4 aromatic rings. The Bertz CT molecular complexity index is 1660. The Labute approximate surface area is 310 Å². The summed E-state index contributed by atoms with van der Waals surface area (Å²) in [5, 5.41) is 37.8. The van der Waals surface area contributed by atoms with Gasteiger partial charge in [0.15, 0.2) is 0 Å². The first-order chi connectivity index (χ1) is 24.8. The summed E-state index contributed by atoms with van der Waals surface area (Å²) < 4.78 is 16.4. The number of nitrogens with one attached hydrogen (secondary N) is 2. The van der Waals surface area contributed by atoms with Crippen LogP contribution in [0.5, 0.6) is 0 Å². The van der Waals surface area contributed by atoms with Crippen LogP contribution in [-0.2, 0) is 6.54 Å². The smallest absolute Gasteiger partial charge is 0.258 e. The van der Waals surface area contributed by atoms with Gasteiger partial charge in [0.2, 0.25) is 0 Å².